The Morgan fingerprint density at radius 3 is 2.15 bits per heavy atom. The topological polar surface area (TPSA) is 55.4 Å². The second kappa shape index (κ2) is 6.71. The fourth-order valence-electron chi connectivity index (χ4n) is 5.99. The maximum atomic E-state index is 12.5. The molecule has 140 valence electrons. The van der Waals surface area contributed by atoms with Crippen molar-refractivity contribution in [2.45, 2.75) is 64.9 Å². The molecular formula is C22H29NO3. The normalized spacial score (nSPS) is 32.9. The molecular weight excluding hydrogens is 326 g/mol. The van der Waals surface area contributed by atoms with Crippen LogP contribution in [0.5, 0.6) is 0 Å². The number of anilines is 1. The molecule has 0 heterocycles. The van der Waals surface area contributed by atoms with E-state index in [0.717, 1.165) is 29.0 Å². The molecule has 4 nitrogen and oxygen atoms in total. The van der Waals surface area contributed by atoms with Crippen molar-refractivity contribution in [1.29, 1.82) is 0 Å². The van der Waals surface area contributed by atoms with E-state index in [1.807, 2.05) is 31.2 Å². The zero-order chi connectivity index (χ0) is 18.3. The number of carbonyl (C=O) groups is 2. The van der Waals surface area contributed by atoms with E-state index in [-0.39, 0.29) is 17.3 Å². The van der Waals surface area contributed by atoms with Gasteiger partial charge >= 0.3 is 5.97 Å². The summed E-state index contributed by atoms with van der Waals surface area (Å²) in [4.78, 5) is 24.8. The Morgan fingerprint density at radius 2 is 1.62 bits per heavy atom. The van der Waals surface area contributed by atoms with Crippen molar-refractivity contribution in [3.8, 4) is 0 Å². The van der Waals surface area contributed by atoms with Crippen LogP contribution in [0.1, 0.15) is 57.4 Å². The summed E-state index contributed by atoms with van der Waals surface area (Å²) in [6.07, 6.45) is 7.35. The standard InChI is InChI=1S/C22H29NO3/c1-14-3-5-19(6-4-14)23-21(25)15(2)26-20(24)13-22-10-16-7-17(11-22)9-18(8-16)12-22/h3-6,15-18H,7-13H2,1-2H3,(H,23,25)/t15-,16?,17?,18?,22?/m1/s1. The van der Waals surface area contributed by atoms with Crippen molar-refractivity contribution in [3.05, 3.63) is 29.8 Å². The number of rotatable bonds is 5. The molecule has 4 aliphatic rings. The number of nitrogens with one attached hydrogen (secondary N) is 1. The second-order valence-electron chi connectivity index (χ2n) is 9.08. The molecule has 4 heteroatoms. The average Bonchev–Trinajstić information content (AvgIpc) is 2.55. The molecule has 0 saturated heterocycles. The van der Waals surface area contributed by atoms with Gasteiger partial charge in [-0.3, -0.25) is 9.59 Å². The molecule has 1 aromatic carbocycles. The predicted octanol–water partition coefficient (Wildman–Crippen LogP) is 4.47. The third-order valence-electron chi connectivity index (χ3n) is 6.68. The highest BCUT2D eigenvalue weighted by Gasteiger charge is 2.51. The van der Waals surface area contributed by atoms with Gasteiger partial charge in [0.25, 0.3) is 5.91 Å². The van der Waals surface area contributed by atoms with Gasteiger partial charge in [0, 0.05) is 5.69 Å². The van der Waals surface area contributed by atoms with E-state index in [1.165, 1.54) is 38.5 Å². The van der Waals surface area contributed by atoms with Crippen molar-refractivity contribution >= 4 is 17.6 Å². The van der Waals surface area contributed by atoms with Crippen molar-refractivity contribution < 1.29 is 14.3 Å². The van der Waals surface area contributed by atoms with E-state index in [9.17, 15) is 9.59 Å². The Labute approximate surface area is 155 Å². The molecule has 4 bridgehead atoms. The third kappa shape index (κ3) is 3.65. The molecule has 1 amide bonds. The van der Waals surface area contributed by atoms with E-state index in [1.54, 1.807) is 6.92 Å². The predicted molar refractivity (Wildman–Crippen MR) is 101 cm³/mol. The van der Waals surface area contributed by atoms with Gasteiger partial charge in [-0.1, -0.05) is 17.7 Å². The summed E-state index contributed by atoms with van der Waals surface area (Å²) in [5.74, 6) is 1.97. The van der Waals surface area contributed by atoms with Crippen molar-refractivity contribution in [2.24, 2.45) is 23.2 Å². The van der Waals surface area contributed by atoms with Crippen LogP contribution in [-0.4, -0.2) is 18.0 Å². The zero-order valence-electron chi connectivity index (χ0n) is 15.8. The fourth-order valence-corrected chi connectivity index (χ4v) is 5.99. The molecule has 26 heavy (non-hydrogen) atoms. The van der Waals surface area contributed by atoms with E-state index in [2.05, 4.69) is 5.32 Å². The number of amides is 1. The molecule has 1 aromatic rings. The monoisotopic (exact) mass is 355 g/mol. The number of esters is 1. The number of ether oxygens (including phenoxy) is 1. The van der Waals surface area contributed by atoms with Crippen LogP contribution < -0.4 is 5.32 Å². The lowest BCUT2D eigenvalue weighted by molar-refractivity contribution is -0.160. The highest BCUT2D eigenvalue weighted by Crippen LogP contribution is 2.61. The first-order chi connectivity index (χ1) is 12.4. The van der Waals surface area contributed by atoms with Gasteiger partial charge in [-0.25, -0.2) is 0 Å². The molecule has 0 unspecified atom stereocenters. The zero-order valence-corrected chi connectivity index (χ0v) is 15.8. The molecule has 1 N–H and O–H groups in total. The lowest BCUT2D eigenvalue weighted by Crippen LogP contribution is -2.47. The van der Waals surface area contributed by atoms with E-state index >= 15 is 0 Å². The van der Waals surface area contributed by atoms with Gasteiger partial charge in [0.15, 0.2) is 6.10 Å². The van der Waals surface area contributed by atoms with Crippen LogP contribution in [0.4, 0.5) is 5.69 Å². The lowest BCUT2D eigenvalue weighted by atomic mass is 9.49. The Bertz CT molecular complexity index is 659. The van der Waals surface area contributed by atoms with Crippen molar-refractivity contribution in [3.63, 3.8) is 0 Å². The summed E-state index contributed by atoms with van der Waals surface area (Å²) in [5, 5.41) is 2.82. The third-order valence-corrected chi connectivity index (χ3v) is 6.68. The minimum Gasteiger partial charge on any atom is -0.453 e. The van der Waals surface area contributed by atoms with Crippen molar-refractivity contribution in [2.75, 3.05) is 5.32 Å². The fraction of sp³-hybridized carbons (Fsp3) is 0.636. The van der Waals surface area contributed by atoms with Crippen LogP contribution in [-0.2, 0) is 14.3 Å². The Morgan fingerprint density at radius 1 is 1.08 bits per heavy atom. The SMILES string of the molecule is Cc1ccc(NC(=O)[C@@H](C)OC(=O)CC23CC4CC(CC(C4)C2)C3)cc1. The van der Waals surface area contributed by atoms with Crippen LogP contribution in [0.15, 0.2) is 24.3 Å². The minimum atomic E-state index is -0.766. The summed E-state index contributed by atoms with van der Waals surface area (Å²) in [6.45, 7) is 3.65. The Balaban J connectivity index is 1.31. The highest BCUT2D eigenvalue weighted by molar-refractivity contribution is 5.95. The maximum absolute atomic E-state index is 12.5. The number of hydrogen-bond donors (Lipinski definition) is 1. The van der Waals surface area contributed by atoms with Gasteiger partial charge in [-0.15, -0.1) is 0 Å². The first-order valence-electron chi connectivity index (χ1n) is 9.98. The van der Waals surface area contributed by atoms with E-state index in [4.69, 9.17) is 4.74 Å². The highest BCUT2D eigenvalue weighted by atomic mass is 16.5. The second-order valence-corrected chi connectivity index (χ2v) is 9.08. The van der Waals surface area contributed by atoms with Gasteiger partial charge in [0.2, 0.25) is 0 Å². The molecule has 5 rings (SSSR count). The van der Waals surface area contributed by atoms with E-state index in [0.29, 0.717) is 6.42 Å². The quantitative estimate of drug-likeness (QED) is 0.793. The lowest BCUT2D eigenvalue weighted by Gasteiger charge is -2.56. The largest absolute Gasteiger partial charge is 0.453 e. The summed E-state index contributed by atoms with van der Waals surface area (Å²) in [7, 11) is 0. The number of carbonyl (C=O) groups excluding carboxylic acids is 2. The van der Waals surface area contributed by atoms with Crippen LogP contribution in [0.2, 0.25) is 0 Å². The first kappa shape index (κ1) is 17.6. The minimum absolute atomic E-state index is 0.152. The molecule has 1 atom stereocenters. The maximum Gasteiger partial charge on any atom is 0.307 e. The van der Waals surface area contributed by atoms with Crippen molar-refractivity contribution in [1.82, 2.24) is 0 Å². The molecule has 4 fully saturated rings. The molecule has 4 aliphatic carbocycles. The summed E-state index contributed by atoms with van der Waals surface area (Å²) in [5.41, 5.74) is 2.02. The Hall–Kier alpha value is -1.84. The van der Waals surface area contributed by atoms with Gasteiger partial charge in [0.05, 0.1) is 6.42 Å². The Kier molecular flexibility index (Phi) is 4.54. The van der Waals surface area contributed by atoms with E-state index < -0.39 is 6.10 Å². The molecule has 0 aromatic heterocycles. The first-order valence-corrected chi connectivity index (χ1v) is 9.98. The van der Waals surface area contributed by atoms with Crippen LogP contribution in [0, 0.1) is 30.1 Å². The summed E-state index contributed by atoms with van der Waals surface area (Å²) < 4.78 is 5.50. The van der Waals surface area contributed by atoms with Crippen LogP contribution in [0.25, 0.3) is 0 Å². The molecule has 0 radical (unpaired) electrons. The number of hydrogen-bond acceptors (Lipinski definition) is 3. The summed E-state index contributed by atoms with van der Waals surface area (Å²) >= 11 is 0. The molecule has 0 spiro atoms. The van der Waals surface area contributed by atoms with Gasteiger partial charge in [0.1, 0.15) is 0 Å². The van der Waals surface area contributed by atoms with Crippen LogP contribution in [0.3, 0.4) is 0 Å². The van der Waals surface area contributed by atoms with Gasteiger partial charge < -0.3 is 10.1 Å². The number of benzene rings is 1. The smallest absolute Gasteiger partial charge is 0.307 e. The molecule has 4 saturated carbocycles. The van der Waals surface area contributed by atoms with Gasteiger partial charge in [-0.05, 0) is 87.7 Å². The van der Waals surface area contributed by atoms with Gasteiger partial charge in [-0.2, -0.15) is 0 Å². The molecule has 0 aliphatic heterocycles. The van der Waals surface area contributed by atoms with Crippen LogP contribution >= 0.6 is 0 Å². The summed E-state index contributed by atoms with van der Waals surface area (Å²) in [6, 6.07) is 7.60. The number of aryl methyl sites for hydroxylation is 1. The average molecular weight is 355 g/mol.